The van der Waals surface area contributed by atoms with Gasteiger partial charge in [0, 0.05) is 30.1 Å². The summed E-state index contributed by atoms with van der Waals surface area (Å²) in [7, 11) is -3.67. The van der Waals surface area contributed by atoms with Crippen LogP contribution in [0.3, 0.4) is 0 Å². The van der Waals surface area contributed by atoms with Gasteiger partial charge in [-0.15, -0.1) is 0 Å². The van der Waals surface area contributed by atoms with Gasteiger partial charge in [-0.1, -0.05) is 37.6 Å². The summed E-state index contributed by atoms with van der Waals surface area (Å²) in [6, 6.07) is 12.0. The number of rotatable bonds is 6. The summed E-state index contributed by atoms with van der Waals surface area (Å²) in [5.74, 6) is 0.922. The number of ether oxygens (including phenoxy) is 2. The maximum absolute atomic E-state index is 13.1. The Bertz CT molecular complexity index is 1100. The molecular formula is C24H29ClN2O5S. The highest BCUT2D eigenvalue weighted by molar-refractivity contribution is 7.89. The first-order valence-corrected chi connectivity index (χ1v) is 13.0. The van der Waals surface area contributed by atoms with Crippen LogP contribution in [-0.2, 0) is 14.8 Å². The van der Waals surface area contributed by atoms with Gasteiger partial charge in [0.05, 0.1) is 10.9 Å². The van der Waals surface area contributed by atoms with E-state index in [2.05, 4.69) is 19.2 Å². The number of hydrogen-bond acceptors (Lipinski definition) is 5. The third kappa shape index (κ3) is 5.28. The quantitative estimate of drug-likeness (QED) is 0.658. The second kappa shape index (κ2) is 9.91. The van der Waals surface area contributed by atoms with Crippen LogP contribution in [0.15, 0.2) is 47.4 Å². The highest BCUT2D eigenvalue weighted by Crippen LogP contribution is 2.34. The molecule has 2 aromatic carbocycles. The van der Waals surface area contributed by atoms with E-state index >= 15 is 0 Å². The molecule has 9 heteroatoms. The Morgan fingerprint density at radius 2 is 1.67 bits per heavy atom. The van der Waals surface area contributed by atoms with Crippen molar-refractivity contribution in [2.75, 3.05) is 26.3 Å². The predicted molar refractivity (Wildman–Crippen MR) is 126 cm³/mol. The highest BCUT2D eigenvalue weighted by atomic mass is 35.5. The van der Waals surface area contributed by atoms with E-state index in [-0.39, 0.29) is 28.7 Å². The Kier molecular flexibility index (Phi) is 7.16. The molecule has 1 amide bonds. The number of halogens is 1. The van der Waals surface area contributed by atoms with Crippen LogP contribution in [-0.4, -0.2) is 44.9 Å². The molecule has 1 unspecified atom stereocenters. The Morgan fingerprint density at radius 1 is 1.03 bits per heavy atom. The van der Waals surface area contributed by atoms with E-state index in [1.807, 2.05) is 24.3 Å². The average molecular weight is 493 g/mol. The molecule has 0 bridgehead atoms. The summed E-state index contributed by atoms with van der Waals surface area (Å²) < 4.78 is 38.7. The Morgan fingerprint density at radius 3 is 2.30 bits per heavy atom. The van der Waals surface area contributed by atoms with Crippen molar-refractivity contribution >= 4 is 27.5 Å². The molecule has 0 aliphatic carbocycles. The van der Waals surface area contributed by atoms with Gasteiger partial charge in [-0.25, -0.2) is 8.42 Å². The summed E-state index contributed by atoms with van der Waals surface area (Å²) in [5.41, 5.74) is 1.00. The summed E-state index contributed by atoms with van der Waals surface area (Å²) >= 11 is 6.00. The van der Waals surface area contributed by atoms with E-state index in [1.54, 1.807) is 12.1 Å². The molecule has 2 aliphatic rings. The van der Waals surface area contributed by atoms with Crippen LogP contribution in [0.2, 0.25) is 5.02 Å². The first-order chi connectivity index (χ1) is 15.8. The molecule has 4 rings (SSSR count). The van der Waals surface area contributed by atoms with E-state index in [0.29, 0.717) is 55.7 Å². The Hall–Kier alpha value is -2.29. The third-order valence-electron chi connectivity index (χ3n) is 6.17. The highest BCUT2D eigenvalue weighted by Gasteiger charge is 2.34. The van der Waals surface area contributed by atoms with Crippen molar-refractivity contribution < 1.29 is 22.7 Å². The summed E-state index contributed by atoms with van der Waals surface area (Å²) in [6.45, 7) is 5.54. The van der Waals surface area contributed by atoms with Crippen LogP contribution >= 0.6 is 11.6 Å². The van der Waals surface area contributed by atoms with Crippen molar-refractivity contribution in [1.29, 1.82) is 0 Å². The summed E-state index contributed by atoms with van der Waals surface area (Å²) in [6.07, 6.45) is 0.947. The summed E-state index contributed by atoms with van der Waals surface area (Å²) in [4.78, 5) is 13.2. The molecule has 2 aliphatic heterocycles. The molecule has 0 radical (unpaired) electrons. The van der Waals surface area contributed by atoms with E-state index in [1.165, 1.54) is 10.4 Å². The van der Waals surface area contributed by atoms with E-state index in [0.717, 1.165) is 5.56 Å². The molecule has 0 spiro atoms. The molecule has 1 atom stereocenters. The average Bonchev–Trinajstić information content (AvgIpc) is 2.82. The van der Waals surface area contributed by atoms with Gasteiger partial charge in [-0.2, -0.15) is 4.31 Å². The fourth-order valence-electron chi connectivity index (χ4n) is 4.27. The zero-order valence-corrected chi connectivity index (χ0v) is 20.4. The van der Waals surface area contributed by atoms with Gasteiger partial charge in [-0.05, 0) is 48.6 Å². The Labute approximate surface area is 200 Å². The monoisotopic (exact) mass is 492 g/mol. The lowest BCUT2D eigenvalue weighted by Gasteiger charge is -2.32. The van der Waals surface area contributed by atoms with Gasteiger partial charge >= 0.3 is 0 Å². The first-order valence-electron chi connectivity index (χ1n) is 11.2. The van der Waals surface area contributed by atoms with Crippen molar-refractivity contribution in [3.63, 3.8) is 0 Å². The molecule has 1 N–H and O–H groups in total. The van der Waals surface area contributed by atoms with E-state index in [9.17, 15) is 13.2 Å². The largest absolute Gasteiger partial charge is 0.486 e. The minimum Gasteiger partial charge on any atom is -0.486 e. The maximum Gasteiger partial charge on any atom is 0.243 e. The van der Waals surface area contributed by atoms with Crippen LogP contribution < -0.4 is 14.8 Å². The molecule has 2 heterocycles. The molecule has 0 saturated carbocycles. The van der Waals surface area contributed by atoms with Gasteiger partial charge in [0.15, 0.2) is 11.5 Å². The van der Waals surface area contributed by atoms with Gasteiger partial charge in [-0.3, -0.25) is 4.79 Å². The normalized spacial score (nSPS) is 18.2. The van der Waals surface area contributed by atoms with E-state index < -0.39 is 10.0 Å². The van der Waals surface area contributed by atoms with Crippen molar-refractivity contribution in [1.82, 2.24) is 9.62 Å². The minimum absolute atomic E-state index is 0.0416. The number of hydrogen-bond donors (Lipinski definition) is 1. The number of carbonyl (C=O) groups excluding carboxylic acids is 1. The summed E-state index contributed by atoms with van der Waals surface area (Å²) in [5, 5.41) is 3.81. The van der Waals surface area contributed by atoms with Gasteiger partial charge in [0.2, 0.25) is 15.9 Å². The Balaban J connectivity index is 1.39. The van der Waals surface area contributed by atoms with Crippen LogP contribution in [0.5, 0.6) is 11.5 Å². The van der Waals surface area contributed by atoms with Crippen molar-refractivity contribution in [3.05, 3.63) is 53.1 Å². The molecule has 178 valence electrons. The van der Waals surface area contributed by atoms with Crippen molar-refractivity contribution in [3.8, 4) is 11.5 Å². The molecule has 0 aromatic heterocycles. The maximum atomic E-state index is 13.1. The molecule has 1 saturated heterocycles. The van der Waals surface area contributed by atoms with Crippen LogP contribution in [0, 0.1) is 11.8 Å². The number of benzene rings is 2. The third-order valence-corrected chi connectivity index (χ3v) is 8.32. The SMILES string of the molecule is CC(C)C(NC(=O)C1CCN(S(=O)(=O)c2ccc3c(c2)OCCO3)CC1)c1ccc(Cl)cc1. The second-order valence-electron chi connectivity index (χ2n) is 8.77. The number of nitrogens with zero attached hydrogens (tertiary/aromatic N) is 1. The fourth-order valence-corrected chi connectivity index (χ4v) is 5.88. The molecule has 2 aromatic rings. The predicted octanol–water partition coefficient (Wildman–Crippen LogP) is 4.03. The first kappa shape index (κ1) is 23.9. The lowest BCUT2D eigenvalue weighted by Crippen LogP contribution is -2.44. The van der Waals surface area contributed by atoms with Crippen LogP contribution in [0.25, 0.3) is 0 Å². The topological polar surface area (TPSA) is 84.9 Å². The van der Waals surface area contributed by atoms with E-state index in [4.69, 9.17) is 21.1 Å². The van der Waals surface area contributed by atoms with Crippen LogP contribution in [0.1, 0.15) is 38.3 Å². The molecular weight excluding hydrogens is 464 g/mol. The second-order valence-corrected chi connectivity index (χ2v) is 11.1. The zero-order valence-electron chi connectivity index (χ0n) is 18.8. The van der Waals surface area contributed by atoms with Crippen molar-refractivity contribution in [2.45, 2.75) is 37.6 Å². The van der Waals surface area contributed by atoms with Crippen molar-refractivity contribution in [2.24, 2.45) is 11.8 Å². The zero-order chi connectivity index (χ0) is 23.6. The van der Waals surface area contributed by atoms with Gasteiger partial charge in [0.25, 0.3) is 0 Å². The standard InChI is InChI=1S/C24H29ClN2O5S/c1-16(2)23(17-3-5-19(25)6-4-17)26-24(28)18-9-11-27(12-10-18)33(29,30)20-7-8-21-22(15-20)32-14-13-31-21/h3-8,15-16,18,23H,9-14H2,1-2H3,(H,26,28). The molecule has 7 nitrogen and oxygen atoms in total. The fraction of sp³-hybridized carbons (Fsp3) is 0.458. The number of sulfonamides is 1. The number of piperidine rings is 1. The minimum atomic E-state index is -3.67. The van der Waals surface area contributed by atoms with Gasteiger partial charge in [0.1, 0.15) is 13.2 Å². The lowest BCUT2D eigenvalue weighted by molar-refractivity contribution is -0.127. The lowest BCUT2D eigenvalue weighted by atomic mass is 9.93. The van der Waals surface area contributed by atoms with Crippen LogP contribution in [0.4, 0.5) is 0 Å². The number of carbonyl (C=O) groups is 1. The molecule has 1 fully saturated rings. The smallest absolute Gasteiger partial charge is 0.243 e. The molecule has 33 heavy (non-hydrogen) atoms. The van der Waals surface area contributed by atoms with Gasteiger partial charge < -0.3 is 14.8 Å². The number of amides is 1. The number of nitrogens with one attached hydrogen (secondary N) is 1. The number of fused-ring (bicyclic) bond motifs is 1.